The molecule has 11 bridgehead atoms. The second kappa shape index (κ2) is 35.0. The average Bonchev–Trinajstić information content (AvgIpc) is 1.62. The molecular weight excluding hydrogens is 1290 g/mol. The zero-order valence-corrected chi connectivity index (χ0v) is 56.3. The molecule has 100 heavy (non-hydrogen) atoms. The number of halogens is 1. The minimum atomic E-state index is -1.80. The van der Waals surface area contributed by atoms with Gasteiger partial charge in [0.25, 0.3) is 0 Å². The van der Waals surface area contributed by atoms with Crippen LogP contribution in [-0.2, 0) is 103 Å². The molecule has 29 heteroatoms. The van der Waals surface area contributed by atoms with Gasteiger partial charge >= 0.3 is 0 Å². The van der Waals surface area contributed by atoms with E-state index in [9.17, 15) is 43.5 Å². The van der Waals surface area contributed by atoms with E-state index in [1.54, 1.807) is 96.6 Å². The summed E-state index contributed by atoms with van der Waals surface area (Å²) in [6.07, 6.45) is 1.95. The molecule has 13 N–H and O–H groups in total. The third-order valence-electron chi connectivity index (χ3n) is 18.0. The van der Waals surface area contributed by atoms with Gasteiger partial charge in [0.1, 0.15) is 72.8 Å². The summed E-state index contributed by atoms with van der Waals surface area (Å²) in [4.78, 5) is 159. The Kier molecular flexibility index (Phi) is 25.9. The number of methoxy groups -OCH3 is 1. The summed E-state index contributed by atoms with van der Waals surface area (Å²) in [7, 11) is 1.49. The molecule has 1 unspecified atom stereocenters. The first-order valence-electron chi connectivity index (χ1n) is 33.6. The van der Waals surface area contributed by atoms with Gasteiger partial charge in [-0.15, -0.1) is 0 Å². The number of aliphatic hydroxyl groups is 1. The largest absolute Gasteiger partial charge is 0.497 e. The molecule has 0 spiro atoms. The third-order valence-corrected chi connectivity index (χ3v) is 18.0. The third kappa shape index (κ3) is 20.0. The maximum atomic E-state index is 15.9. The molecule has 534 valence electrons. The van der Waals surface area contributed by atoms with Crippen molar-refractivity contribution in [2.45, 2.75) is 153 Å². The van der Waals surface area contributed by atoms with Crippen molar-refractivity contribution in [2.24, 2.45) is 11.7 Å². The van der Waals surface area contributed by atoms with E-state index in [0.717, 1.165) is 10.5 Å². The number of nitrogens with zero attached hydrogens (tertiary/aromatic N) is 2. The van der Waals surface area contributed by atoms with Crippen molar-refractivity contribution in [1.29, 1.82) is 0 Å². The number of rotatable bonds is 5. The highest BCUT2D eigenvalue weighted by atomic mass is 19.1. The number of aromatic nitrogens is 1. The fourth-order valence-electron chi connectivity index (χ4n) is 12.4. The van der Waals surface area contributed by atoms with E-state index in [1.165, 1.54) is 33.1 Å². The number of aliphatic hydroxyl groups excluding tert-OH is 1. The van der Waals surface area contributed by atoms with Gasteiger partial charge < -0.3 is 87.7 Å². The molecule has 1 fully saturated rings. The first-order chi connectivity index (χ1) is 48.0. The second-order valence-electron chi connectivity index (χ2n) is 25.5. The highest BCUT2D eigenvalue weighted by molar-refractivity contribution is 5.99. The van der Waals surface area contributed by atoms with Crippen molar-refractivity contribution in [3.63, 3.8) is 0 Å². The monoisotopic (exact) mass is 1380 g/mol. The second-order valence-corrected chi connectivity index (χ2v) is 25.5. The van der Waals surface area contributed by atoms with Crippen molar-refractivity contribution in [2.75, 3.05) is 46.5 Å². The molecule has 1 aromatic heterocycles. The fraction of sp³-hybridized carbons (Fsp3) is 0.451. The number of nitrogens with one attached hydrogen (secondary N) is 10. The molecule has 5 heterocycles. The highest BCUT2D eigenvalue weighted by Crippen LogP contribution is 2.29. The van der Waals surface area contributed by atoms with Crippen LogP contribution in [0.1, 0.15) is 86.3 Å². The Morgan fingerprint density at radius 2 is 1.39 bits per heavy atom. The summed E-state index contributed by atoms with van der Waals surface area (Å²) in [6, 6.07) is 12.1. The fourth-order valence-corrected chi connectivity index (χ4v) is 12.4. The van der Waals surface area contributed by atoms with Crippen LogP contribution >= 0.6 is 0 Å². The van der Waals surface area contributed by atoms with Gasteiger partial charge in [-0.05, 0) is 110 Å². The van der Waals surface area contributed by atoms with Gasteiger partial charge in [-0.25, -0.2) is 4.39 Å². The van der Waals surface area contributed by atoms with Crippen molar-refractivity contribution in [3.8, 4) is 11.5 Å². The molecule has 0 radical (unpaired) electrons. The molecule has 0 saturated carbocycles. The van der Waals surface area contributed by atoms with Gasteiger partial charge in [-0.3, -0.25) is 52.7 Å². The lowest BCUT2D eigenvalue weighted by molar-refractivity contribution is -0.146. The number of amides is 11. The van der Waals surface area contributed by atoms with E-state index >= 15 is 18.8 Å². The van der Waals surface area contributed by atoms with Crippen molar-refractivity contribution >= 4 is 75.9 Å². The molecule has 5 aromatic rings. The molecule has 9 rings (SSSR count). The van der Waals surface area contributed by atoms with Crippen molar-refractivity contribution in [1.82, 2.24) is 62.6 Å². The SMILES string of the molecule is COc1ccc(C[C@@H]2NC(=O)[C@H]([C@@H](C)O)NC(=O)[C@@H]3[C@@H]4CCN3C(=O)[C@@H]3Cc5cn(c6ccc(F)cc56)C/C=C/COc5cc(ccc5CNC(=O)CCC(=O)N[C@@H](C)C(=O)N[C@H](CN)C(=O)N[C@@H](Cc5cccc(c5)CNC(=O)CO4)C(=O)N3)CCNC(=O)C(C)CCCNC2=O)cc1. The number of fused-ring (bicyclic) bond motifs is 9. The summed E-state index contributed by atoms with van der Waals surface area (Å²) < 4.78 is 35.3. The molecule has 28 nitrogen and oxygen atoms in total. The lowest BCUT2D eigenvalue weighted by Crippen LogP contribution is -2.63. The van der Waals surface area contributed by atoms with Crippen LogP contribution in [0.15, 0.2) is 103 Å². The number of allylic oxidation sites excluding steroid dienone is 1. The van der Waals surface area contributed by atoms with E-state index in [0.29, 0.717) is 69.5 Å². The molecule has 10 atom stereocenters. The van der Waals surface area contributed by atoms with Crippen LogP contribution in [0.5, 0.6) is 11.5 Å². The number of carbonyl (C=O) groups is 11. The Labute approximate surface area is 577 Å². The van der Waals surface area contributed by atoms with Gasteiger partial charge in [0.15, 0.2) is 0 Å². The first kappa shape index (κ1) is 74.0. The summed E-state index contributed by atoms with van der Waals surface area (Å²) in [5, 5.41) is 39.1. The molecule has 4 aliphatic heterocycles. The summed E-state index contributed by atoms with van der Waals surface area (Å²) >= 11 is 0. The number of hydrogen-bond acceptors (Lipinski definition) is 16. The standard InChI is InChI=1S/C71H88FN13O15/c1-40-9-8-24-74-66(92)52(30-43-13-17-50(98-4)18-14-43)80-69(95)62(42(3)86)83-70(96)63-57-23-27-85(63)71(97)54-33-48-38-84(56-19-16-49(72)34-51(48)56)26-5-6-28-99-58-32-44(22-25-75-64(40)90)12-15-47(58)37-77-59(87)20-21-60(88)78-41(2)65(91)82-55(35-73)68(94)79-53(67(93)81-54)31-45-10-7-11-46(29-45)36-76-61(89)39-100-57/h5-7,10-19,29,32,34,38,40-42,52-55,57,62-63,86H,8-9,20-28,30-31,33,35-37,39,73H2,1-4H3,(H,74,92)(H,75,90)(H,76,89)(H,77,87)(H,78,88)(H,79,94)(H,80,95)(H,81,93)(H,82,91)(H,83,96)/b6-5+/t40?,41-,42+,52-,53-,54-,55+,57-,62-,63-/m0/s1. The number of benzene rings is 4. The highest BCUT2D eigenvalue weighted by Gasteiger charge is 2.47. The lowest BCUT2D eigenvalue weighted by Gasteiger charge is -2.33. The van der Waals surface area contributed by atoms with Gasteiger partial charge in [-0.2, -0.15) is 0 Å². The van der Waals surface area contributed by atoms with Gasteiger partial charge in [0.05, 0.1) is 19.3 Å². The van der Waals surface area contributed by atoms with Gasteiger partial charge in [0.2, 0.25) is 65.0 Å². The smallest absolute Gasteiger partial charge is 0.246 e. The summed E-state index contributed by atoms with van der Waals surface area (Å²) in [6.45, 7) is 3.38. The number of ether oxygens (including phenoxy) is 3. The minimum Gasteiger partial charge on any atom is -0.497 e. The van der Waals surface area contributed by atoms with Gasteiger partial charge in [0, 0.05) is 106 Å². The maximum absolute atomic E-state index is 15.9. The van der Waals surface area contributed by atoms with E-state index in [2.05, 4.69) is 53.2 Å². The quantitative estimate of drug-likeness (QED) is 0.103. The molecule has 4 aliphatic rings. The summed E-state index contributed by atoms with van der Waals surface area (Å²) in [5.41, 5.74) is 9.94. The first-order valence-corrected chi connectivity index (χ1v) is 33.6. The van der Waals surface area contributed by atoms with Gasteiger partial charge in [-0.1, -0.05) is 61.5 Å². The molecule has 0 aliphatic carbocycles. The van der Waals surface area contributed by atoms with Crippen LogP contribution in [0.4, 0.5) is 4.39 Å². The molecule has 1 saturated heterocycles. The lowest BCUT2D eigenvalue weighted by atomic mass is 10.00. The topological polar surface area (TPSA) is 390 Å². The Morgan fingerprint density at radius 1 is 0.650 bits per heavy atom. The molecule has 4 aromatic carbocycles. The predicted molar refractivity (Wildman–Crippen MR) is 362 cm³/mol. The van der Waals surface area contributed by atoms with E-state index < -0.39 is 138 Å². The normalized spacial score (nSPS) is 25.2. The van der Waals surface area contributed by atoms with Crippen LogP contribution < -0.4 is 68.4 Å². The van der Waals surface area contributed by atoms with E-state index in [4.69, 9.17) is 19.9 Å². The van der Waals surface area contributed by atoms with E-state index in [1.807, 2.05) is 6.07 Å². The van der Waals surface area contributed by atoms with E-state index in [-0.39, 0.29) is 90.3 Å². The van der Waals surface area contributed by atoms with Crippen molar-refractivity contribution in [3.05, 3.63) is 142 Å². The molecular formula is C71H88FN13O15. The maximum Gasteiger partial charge on any atom is 0.246 e. The van der Waals surface area contributed by atoms with Crippen LogP contribution in [-0.4, -0.2) is 181 Å². The number of nitrogens with two attached hydrogens (primary N) is 1. The predicted octanol–water partition coefficient (Wildman–Crippen LogP) is -0.0490. The Morgan fingerprint density at radius 3 is 2.16 bits per heavy atom. The Bertz CT molecular complexity index is 3860. The average molecular weight is 1380 g/mol. The van der Waals surface area contributed by atoms with Crippen LogP contribution in [0.3, 0.4) is 0 Å². The van der Waals surface area contributed by atoms with Crippen LogP contribution in [0.2, 0.25) is 0 Å². The number of hydrogen-bond donors (Lipinski definition) is 12. The Balaban J connectivity index is 1.15. The zero-order valence-electron chi connectivity index (χ0n) is 56.3. The summed E-state index contributed by atoms with van der Waals surface area (Å²) in [5.74, 6) is -8.55. The van der Waals surface area contributed by atoms with Crippen molar-refractivity contribution < 1.29 is 76.4 Å². The molecule has 11 amide bonds. The van der Waals surface area contributed by atoms with Crippen LogP contribution in [0.25, 0.3) is 10.9 Å². The Hall–Kier alpha value is -10.3. The number of carbonyl (C=O) groups excluding carboxylic acids is 11. The van der Waals surface area contributed by atoms with Crippen LogP contribution in [0, 0.1) is 11.7 Å². The minimum absolute atomic E-state index is 0.00821. The zero-order chi connectivity index (χ0) is 71.6.